The second-order valence-electron chi connectivity index (χ2n) is 4.38. The van der Waals surface area contributed by atoms with Crippen molar-refractivity contribution in [3.05, 3.63) is 34.9 Å². The molecule has 0 aliphatic rings. The fraction of sp³-hybridized carbons (Fsp3) is 0.167. The van der Waals surface area contributed by atoms with Crippen molar-refractivity contribution in [3.63, 3.8) is 0 Å². The van der Waals surface area contributed by atoms with Gasteiger partial charge in [-0.3, -0.25) is 36.8 Å². The van der Waals surface area contributed by atoms with Crippen LogP contribution in [0.1, 0.15) is 17.3 Å². The molecule has 8 N–H and O–H groups in total. The number of hydrogen-bond donors (Lipinski definition) is 7. The number of carbonyl (C=O) groups excluding carboxylic acids is 1. The van der Waals surface area contributed by atoms with Gasteiger partial charge in [-0.1, -0.05) is 11.6 Å². The molecule has 0 heterocycles. The Bertz CT molecular complexity index is 795. The molecule has 0 bridgehead atoms. The molecule has 0 unspecified atom stereocenters. The lowest BCUT2D eigenvalue weighted by atomic mass is 10.2. The molecule has 0 spiro atoms. The molecule has 0 aliphatic carbocycles. The van der Waals surface area contributed by atoms with Crippen molar-refractivity contribution in [1.82, 2.24) is 20.9 Å². The summed E-state index contributed by atoms with van der Waals surface area (Å²) in [5.41, 5.74) is 9.72. The molecule has 144 valence electrons. The summed E-state index contributed by atoms with van der Waals surface area (Å²) in [5.74, 6) is -1.83. The number of aliphatic imine (C=N–C) groups is 1. The van der Waals surface area contributed by atoms with E-state index < -0.39 is 33.0 Å². The van der Waals surface area contributed by atoms with Gasteiger partial charge in [-0.05, 0) is 31.2 Å². The lowest BCUT2D eigenvalue weighted by molar-refractivity contribution is 0.0975. The predicted molar refractivity (Wildman–Crippen MR) is 102 cm³/mol. The normalized spacial score (nSPS) is 10.9. The smallest absolute Gasteiger partial charge is 0.297 e. The standard InChI is InChI=1S/C12H17ClN8O3S.ClH/c1-2-17-12(16)25(23,24)21-11(15)20-19-10(14)18-9(22)7-3-5-8(13)6-4-7;/h3-6H,2H2,1H3,(H2,16,17)(H3,15,20,21)(H3,14,18,19,22);1H. The summed E-state index contributed by atoms with van der Waals surface area (Å²) in [6.07, 6.45) is 0. The van der Waals surface area contributed by atoms with Gasteiger partial charge in [0.05, 0.1) is 0 Å². The van der Waals surface area contributed by atoms with Crippen molar-refractivity contribution < 1.29 is 13.2 Å². The monoisotopic (exact) mass is 424 g/mol. The third-order valence-corrected chi connectivity index (χ3v) is 3.89. The van der Waals surface area contributed by atoms with Gasteiger partial charge >= 0.3 is 0 Å². The van der Waals surface area contributed by atoms with E-state index in [0.29, 0.717) is 5.02 Å². The van der Waals surface area contributed by atoms with Crippen molar-refractivity contribution in [2.24, 2.45) is 10.7 Å². The van der Waals surface area contributed by atoms with Crippen LogP contribution in [0.3, 0.4) is 0 Å². The summed E-state index contributed by atoms with van der Waals surface area (Å²) < 4.78 is 25.1. The van der Waals surface area contributed by atoms with Crippen LogP contribution >= 0.6 is 24.0 Å². The molecule has 0 atom stereocenters. The van der Waals surface area contributed by atoms with Crippen molar-refractivity contribution >= 4 is 57.0 Å². The molecule has 11 nitrogen and oxygen atoms in total. The van der Waals surface area contributed by atoms with Gasteiger partial charge in [0.2, 0.25) is 17.1 Å². The summed E-state index contributed by atoms with van der Waals surface area (Å²) in [4.78, 5) is 15.4. The number of sulfonamides is 1. The Balaban J connectivity index is 0.00000625. The number of hydrogen-bond acceptors (Lipinski definition) is 6. The lowest BCUT2D eigenvalue weighted by Gasteiger charge is -2.13. The van der Waals surface area contributed by atoms with Gasteiger partial charge in [0, 0.05) is 17.1 Å². The average Bonchev–Trinajstić information content (AvgIpc) is 2.53. The highest BCUT2D eigenvalue weighted by atomic mass is 35.5. The first-order valence-electron chi connectivity index (χ1n) is 6.74. The largest absolute Gasteiger partial charge is 0.373 e. The molecule has 0 aromatic heterocycles. The minimum absolute atomic E-state index is 0. The first-order chi connectivity index (χ1) is 11.7. The number of nitrogens with two attached hydrogens (primary N) is 1. The zero-order valence-electron chi connectivity index (χ0n) is 13.5. The Morgan fingerprint density at radius 2 is 1.73 bits per heavy atom. The Morgan fingerprint density at radius 1 is 1.19 bits per heavy atom. The van der Waals surface area contributed by atoms with E-state index in [1.165, 1.54) is 24.3 Å². The zero-order valence-corrected chi connectivity index (χ0v) is 15.8. The third-order valence-electron chi connectivity index (χ3n) is 2.48. The van der Waals surface area contributed by atoms with Gasteiger partial charge < -0.3 is 5.73 Å². The number of halogens is 2. The number of carbonyl (C=O) groups is 1. The first-order valence-corrected chi connectivity index (χ1v) is 8.60. The van der Waals surface area contributed by atoms with Crippen LogP contribution in [0.25, 0.3) is 0 Å². The van der Waals surface area contributed by atoms with Gasteiger partial charge in [-0.2, -0.15) is 8.42 Å². The van der Waals surface area contributed by atoms with Crippen molar-refractivity contribution in [3.8, 4) is 0 Å². The number of amides is 1. The van der Waals surface area contributed by atoms with Crippen molar-refractivity contribution in [1.29, 1.82) is 10.8 Å². The minimum atomic E-state index is -4.16. The summed E-state index contributed by atoms with van der Waals surface area (Å²) >= 11 is 5.71. The Morgan fingerprint density at radius 3 is 2.27 bits per heavy atom. The molecule has 0 radical (unpaired) electrons. The van der Waals surface area contributed by atoms with Crippen LogP contribution in [0.5, 0.6) is 0 Å². The van der Waals surface area contributed by atoms with Gasteiger partial charge in [0.15, 0.2) is 0 Å². The molecule has 0 saturated carbocycles. The SMILES string of the molecule is CCN=C(N)S(=O)(=O)NC(=N)NNC(=N)NC(=O)c1ccc(Cl)cc1.Cl. The van der Waals surface area contributed by atoms with E-state index in [4.69, 9.17) is 28.2 Å². The van der Waals surface area contributed by atoms with Crippen LogP contribution in [0.15, 0.2) is 29.3 Å². The van der Waals surface area contributed by atoms with Crippen LogP contribution < -0.4 is 26.6 Å². The predicted octanol–water partition coefficient (Wildman–Crippen LogP) is -0.291. The van der Waals surface area contributed by atoms with Gasteiger partial charge in [-0.15, -0.1) is 12.4 Å². The molecule has 1 amide bonds. The second-order valence-corrected chi connectivity index (χ2v) is 6.44. The minimum Gasteiger partial charge on any atom is -0.373 e. The first kappa shape index (κ1) is 23.4. The van der Waals surface area contributed by atoms with Crippen molar-refractivity contribution in [2.45, 2.75) is 6.92 Å². The van der Waals surface area contributed by atoms with Crippen molar-refractivity contribution in [2.75, 3.05) is 6.54 Å². The maximum Gasteiger partial charge on any atom is 0.297 e. The highest BCUT2D eigenvalue weighted by Crippen LogP contribution is 2.09. The van der Waals surface area contributed by atoms with E-state index in [0.717, 1.165) is 0 Å². The summed E-state index contributed by atoms with van der Waals surface area (Å²) in [6.45, 7) is 1.76. The number of amidine groups is 1. The van der Waals surface area contributed by atoms with Gasteiger partial charge in [0.25, 0.3) is 15.9 Å². The summed E-state index contributed by atoms with van der Waals surface area (Å²) in [6, 6.07) is 5.95. The third kappa shape index (κ3) is 7.55. The topological polar surface area (TPSA) is 185 Å². The molecule has 1 rings (SSSR count). The Hall–Kier alpha value is -2.57. The maximum atomic E-state index is 11.8. The maximum absolute atomic E-state index is 11.8. The Kier molecular flexibility index (Phi) is 9.40. The molecule has 14 heteroatoms. The van der Waals surface area contributed by atoms with E-state index in [1.54, 1.807) is 11.6 Å². The average molecular weight is 425 g/mol. The fourth-order valence-electron chi connectivity index (χ4n) is 1.40. The van der Waals surface area contributed by atoms with Gasteiger partial charge in [0.1, 0.15) is 0 Å². The van der Waals surface area contributed by atoms with Crippen LogP contribution in [-0.2, 0) is 10.0 Å². The zero-order chi connectivity index (χ0) is 19.0. The molecule has 26 heavy (non-hydrogen) atoms. The van der Waals surface area contributed by atoms with Crippen LogP contribution in [0.4, 0.5) is 0 Å². The van der Waals surface area contributed by atoms with E-state index in [2.05, 4.69) is 21.2 Å². The van der Waals surface area contributed by atoms with Crippen LogP contribution in [0.2, 0.25) is 5.02 Å². The highest BCUT2D eigenvalue weighted by Gasteiger charge is 2.17. The van der Waals surface area contributed by atoms with E-state index in [1.807, 2.05) is 0 Å². The molecule has 1 aromatic carbocycles. The second kappa shape index (κ2) is 10.4. The lowest BCUT2D eigenvalue weighted by Crippen LogP contribution is -2.54. The number of guanidine groups is 2. The van der Waals surface area contributed by atoms with E-state index in [9.17, 15) is 13.2 Å². The molecular formula is C12H18Cl2N8O3S. The van der Waals surface area contributed by atoms with Crippen LogP contribution in [-0.4, -0.2) is 38.0 Å². The number of rotatable bonds is 2. The number of hydrazine groups is 1. The number of nitrogens with zero attached hydrogens (tertiary/aromatic N) is 1. The molecule has 1 aromatic rings. The Labute approximate surface area is 161 Å². The summed E-state index contributed by atoms with van der Waals surface area (Å²) in [7, 11) is -4.16. The molecular weight excluding hydrogens is 407 g/mol. The fourth-order valence-corrected chi connectivity index (χ4v) is 2.25. The van der Waals surface area contributed by atoms with Gasteiger partial charge in [-0.25, -0.2) is 4.72 Å². The quantitative estimate of drug-likeness (QED) is 0.194. The summed E-state index contributed by atoms with van der Waals surface area (Å²) in [5, 5.41) is 16.9. The molecule has 0 fully saturated rings. The van der Waals surface area contributed by atoms with E-state index >= 15 is 0 Å². The number of nitrogens with one attached hydrogen (secondary N) is 6. The molecule has 0 aliphatic heterocycles. The van der Waals surface area contributed by atoms with E-state index in [-0.39, 0.29) is 24.5 Å². The molecule has 0 saturated heterocycles. The highest BCUT2D eigenvalue weighted by molar-refractivity contribution is 8.05. The van der Waals surface area contributed by atoms with Crippen LogP contribution in [0, 0.1) is 10.8 Å². The number of benzene rings is 1.